The first-order valence-electron chi connectivity index (χ1n) is 9.21. The van der Waals surface area contributed by atoms with Crippen LogP contribution in [0.3, 0.4) is 0 Å². The summed E-state index contributed by atoms with van der Waals surface area (Å²) in [6, 6.07) is 12.7. The van der Waals surface area contributed by atoms with Crippen LogP contribution in [-0.2, 0) is 0 Å². The average molecular weight is 465 g/mol. The van der Waals surface area contributed by atoms with Crippen molar-refractivity contribution >= 4 is 44.9 Å². The molecule has 2 aromatic carbocycles. The smallest absolute Gasteiger partial charge is 0.257 e. The van der Waals surface area contributed by atoms with Crippen molar-refractivity contribution in [2.45, 2.75) is 39.7 Å². The van der Waals surface area contributed by atoms with E-state index in [1.165, 1.54) is 0 Å². The number of carbonyl (C=O) groups is 1. The Morgan fingerprint density at radius 3 is 2.61 bits per heavy atom. The zero-order chi connectivity index (χ0) is 20.5. The van der Waals surface area contributed by atoms with E-state index in [0.29, 0.717) is 33.8 Å². The van der Waals surface area contributed by atoms with Crippen molar-refractivity contribution < 1.29 is 14.3 Å². The molecule has 0 heterocycles. The van der Waals surface area contributed by atoms with E-state index in [9.17, 15) is 4.79 Å². The van der Waals surface area contributed by atoms with Crippen LogP contribution in [0.1, 0.15) is 44.0 Å². The molecule has 28 heavy (non-hydrogen) atoms. The van der Waals surface area contributed by atoms with Crippen LogP contribution >= 0.6 is 28.1 Å². The fraction of sp³-hybridized carbons (Fsp3) is 0.333. The minimum absolute atomic E-state index is 0.0485. The van der Waals surface area contributed by atoms with Gasteiger partial charge < -0.3 is 14.8 Å². The summed E-state index contributed by atoms with van der Waals surface area (Å²) in [6.07, 6.45) is 2.08. The molecule has 1 amide bonds. The maximum absolute atomic E-state index is 12.5. The van der Waals surface area contributed by atoms with Gasteiger partial charge in [-0.1, -0.05) is 25.5 Å². The van der Waals surface area contributed by atoms with Crippen molar-refractivity contribution in [2.75, 3.05) is 11.9 Å². The Bertz CT molecular complexity index is 827. The number of ether oxygens (including phenoxy) is 2. The summed E-state index contributed by atoms with van der Waals surface area (Å²) < 4.78 is 12.1. The third kappa shape index (κ3) is 6.80. The molecule has 0 aliphatic carbocycles. The summed E-state index contributed by atoms with van der Waals surface area (Å²) in [7, 11) is 0. The SMILES string of the molecule is CCCCOc1ccccc1NC(=S)NC(=O)c1ccc(OC(C)C)c(Br)c1. The lowest BCUT2D eigenvalue weighted by atomic mass is 10.2. The molecule has 0 aromatic heterocycles. The predicted molar refractivity (Wildman–Crippen MR) is 120 cm³/mol. The number of halogens is 1. The Balaban J connectivity index is 2.00. The second-order valence-electron chi connectivity index (χ2n) is 6.42. The van der Waals surface area contributed by atoms with Crippen LogP contribution in [0.25, 0.3) is 0 Å². The molecule has 0 bridgehead atoms. The number of nitrogens with one attached hydrogen (secondary N) is 2. The van der Waals surface area contributed by atoms with E-state index in [-0.39, 0.29) is 17.1 Å². The van der Waals surface area contributed by atoms with E-state index < -0.39 is 0 Å². The molecule has 7 heteroatoms. The van der Waals surface area contributed by atoms with Gasteiger partial charge in [0.15, 0.2) is 5.11 Å². The van der Waals surface area contributed by atoms with E-state index in [2.05, 4.69) is 33.5 Å². The lowest BCUT2D eigenvalue weighted by molar-refractivity contribution is 0.0977. The van der Waals surface area contributed by atoms with Crippen LogP contribution in [0.2, 0.25) is 0 Å². The first-order valence-corrected chi connectivity index (χ1v) is 10.4. The molecule has 0 saturated carbocycles. The van der Waals surface area contributed by atoms with Gasteiger partial charge in [-0.25, -0.2) is 0 Å². The number of benzene rings is 2. The Morgan fingerprint density at radius 2 is 1.93 bits per heavy atom. The van der Waals surface area contributed by atoms with Crippen molar-refractivity contribution in [3.8, 4) is 11.5 Å². The maximum Gasteiger partial charge on any atom is 0.257 e. The molecule has 0 aliphatic rings. The lowest BCUT2D eigenvalue weighted by Gasteiger charge is -2.15. The summed E-state index contributed by atoms with van der Waals surface area (Å²) in [6.45, 7) is 6.63. The van der Waals surface area contributed by atoms with Gasteiger partial charge in [-0.2, -0.15) is 0 Å². The van der Waals surface area contributed by atoms with Gasteiger partial charge in [0.05, 0.1) is 22.9 Å². The molecule has 0 unspecified atom stereocenters. The van der Waals surface area contributed by atoms with Crippen LogP contribution < -0.4 is 20.1 Å². The highest BCUT2D eigenvalue weighted by molar-refractivity contribution is 9.10. The van der Waals surface area contributed by atoms with E-state index in [4.69, 9.17) is 21.7 Å². The second kappa shape index (κ2) is 11.0. The number of hydrogen-bond donors (Lipinski definition) is 2. The largest absolute Gasteiger partial charge is 0.491 e. The van der Waals surface area contributed by atoms with Gasteiger partial charge in [-0.3, -0.25) is 10.1 Å². The Kier molecular flexibility index (Phi) is 8.73. The highest BCUT2D eigenvalue weighted by Crippen LogP contribution is 2.27. The van der Waals surface area contributed by atoms with Crippen molar-refractivity contribution in [3.05, 3.63) is 52.5 Å². The number of amides is 1. The number of hydrogen-bond acceptors (Lipinski definition) is 4. The molecule has 0 radical (unpaired) electrons. The molecule has 0 atom stereocenters. The Morgan fingerprint density at radius 1 is 1.18 bits per heavy atom. The Labute approximate surface area is 179 Å². The predicted octanol–water partition coefficient (Wildman–Crippen LogP) is 5.54. The molecule has 2 N–H and O–H groups in total. The number of rotatable bonds is 8. The fourth-order valence-electron chi connectivity index (χ4n) is 2.34. The normalized spacial score (nSPS) is 10.5. The average Bonchev–Trinajstić information content (AvgIpc) is 2.64. The number of carbonyl (C=O) groups excluding carboxylic acids is 1. The van der Waals surface area contributed by atoms with Gasteiger partial charge in [0.25, 0.3) is 5.91 Å². The van der Waals surface area contributed by atoms with Crippen LogP contribution in [0.5, 0.6) is 11.5 Å². The third-order valence-electron chi connectivity index (χ3n) is 3.67. The van der Waals surface area contributed by atoms with Gasteiger partial charge in [0.1, 0.15) is 11.5 Å². The van der Waals surface area contributed by atoms with Crippen LogP contribution in [0.4, 0.5) is 5.69 Å². The monoisotopic (exact) mass is 464 g/mol. The second-order valence-corrected chi connectivity index (χ2v) is 7.68. The quantitative estimate of drug-likeness (QED) is 0.396. The van der Waals surface area contributed by atoms with Crippen LogP contribution in [0.15, 0.2) is 46.9 Å². The minimum atomic E-state index is -0.307. The molecular formula is C21H25BrN2O3S. The molecule has 0 aliphatic heterocycles. The first-order chi connectivity index (χ1) is 13.4. The fourth-order valence-corrected chi connectivity index (χ4v) is 3.02. The number of thiocarbonyl (C=S) groups is 1. The molecular weight excluding hydrogens is 440 g/mol. The zero-order valence-electron chi connectivity index (χ0n) is 16.3. The minimum Gasteiger partial charge on any atom is -0.491 e. The summed E-state index contributed by atoms with van der Waals surface area (Å²) in [4.78, 5) is 12.5. The molecule has 2 aromatic rings. The van der Waals surface area contributed by atoms with Crippen molar-refractivity contribution in [1.29, 1.82) is 0 Å². The van der Waals surface area contributed by atoms with Gasteiger partial charge in [-0.15, -0.1) is 0 Å². The topological polar surface area (TPSA) is 59.6 Å². The highest BCUT2D eigenvalue weighted by atomic mass is 79.9. The van der Waals surface area contributed by atoms with E-state index in [0.717, 1.165) is 12.8 Å². The van der Waals surface area contributed by atoms with Gasteiger partial charge in [-0.05, 0) is 78.7 Å². The zero-order valence-corrected chi connectivity index (χ0v) is 18.7. The first kappa shape index (κ1) is 22.2. The highest BCUT2D eigenvalue weighted by Gasteiger charge is 2.13. The number of anilines is 1. The van der Waals surface area contributed by atoms with Crippen LogP contribution in [0, 0.1) is 0 Å². The van der Waals surface area contributed by atoms with Crippen molar-refractivity contribution in [3.63, 3.8) is 0 Å². The van der Waals surface area contributed by atoms with E-state index in [1.807, 2.05) is 38.1 Å². The maximum atomic E-state index is 12.5. The molecule has 150 valence electrons. The van der Waals surface area contributed by atoms with Gasteiger partial charge in [0.2, 0.25) is 0 Å². The van der Waals surface area contributed by atoms with E-state index in [1.54, 1.807) is 18.2 Å². The van der Waals surface area contributed by atoms with Gasteiger partial charge in [0, 0.05) is 5.56 Å². The van der Waals surface area contributed by atoms with Crippen LogP contribution in [-0.4, -0.2) is 23.7 Å². The van der Waals surface area contributed by atoms with Crippen molar-refractivity contribution in [2.24, 2.45) is 0 Å². The molecule has 0 saturated heterocycles. The number of unbranched alkanes of at least 4 members (excludes halogenated alkanes) is 1. The standard InChI is InChI=1S/C21H25BrN2O3S/c1-4-5-12-26-19-9-7-6-8-17(19)23-21(28)24-20(25)15-10-11-18(16(22)13-15)27-14(2)3/h6-11,13-14H,4-5,12H2,1-3H3,(H2,23,24,25,28). The molecule has 5 nitrogen and oxygen atoms in total. The van der Waals surface area contributed by atoms with Crippen molar-refractivity contribution in [1.82, 2.24) is 5.32 Å². The lowest BCUT2D eigenvalue weighted by Crippen LogP contribution is -2.34. The molecule has 0 fully saturated rings. The van der Waals surface area contributed by atoms with E-state index >= 15 is 0 Å². The number of para-hydroxylation sites is 2. The molecule has 2 rings (SSSR count). The summed E-state index contributed by atoms with van der Waals surface area (Å²) >= 11 is 8.72. The third-order valence-corrected chi connectivity index (χ3v) is 4.50. The Hall–Kier alpha value is -2.12. The summed E-state index contributed by atoms with van der Waals surface area (Å²) in [5.41, 5.74) is 1.19. The summed E-state index contributed by atoms with van der Waals surface area (Å²) in [5, 5.41) is 5.92. The molecule has 0 spiro atoms. The summed E-state index contributed by atoms with van der Waals surface area (Å²) in [5.74, 6) is 1.08. The van der Waals surface area contributed by atoms with Gasteiger partial charge >= 0.3 is 0 Å².